The van der Waals surface area contributed by atoms with Crippen molar-refractivity contribution in [1.29, 1.82) is 0 Å². The fraction of sp³-hybridized carbons (Fsp3) is 1.00. The van der Waals surface area contributed by atoms with Crippen LogP contribution in [0.2, 0.25) is 0 Å². The Kier molecular flexibility index (Phi) is 907. The van der Waals surface area contributed by atoms with Gasteiger partial charge in [-0.3, -0.25) is 0 Å². The van der Waals surface area contributed by atoms with E-state index < -0.39 is 0 Å². The van der Waals surface area contributed by atoms with Crippen LogP contribution in [0.1, 0.15) is 0 Å². The third-order valence-corrected chi connectivity index (χ3v) is 0. The van der Waals surface area contributed by atoms with Gasteiger partial charge in [0.05, 0.1) is 0 Å². The Morgan fingerprint density at radius 1 is 0.375 bits per heavy atom. The average Bonchev–Trinajstić information content (AvgIpc) is 1.81. The van der Waals surface area contributed by atoms with Crippen molar-refractivity contribution >= 4 is 0 Å². The zero-order valence-electron chi connectivity index (χ0n) is 7.22. The Morgan fingerprint density at radius 2 is 0.375 bits per heavy atom. The number of hydrogen-bond acceptors (Lipinski definition) is 0. The molecule has 0 aliphatic carbocycles. The molecule has 0 spiro atoms. The number of hydrogen-bond donors (Lipinski definition) is 0. The molecule has 0 radical (unpaired) electrons. The van der Waals surface area contributed by atoms with Crippen molar-refractivity contribution < 1.29 is 276 Å². The Bertz CT molecular complexity index is 12.7. The van der Waals surface area contributed by atoms with E-state index in [0.717, 1.165) is 0 Å². The summed E-state index contributed by atoms with van der Waals surface area (Å²) in [4.78, 5) is 0. The molecular formula is CH4NW14-. The van der Waals surface area contributed by atoms with Gasteiger partial charge in [-0.2, -0.15) is 7.05 Å². The van der Waals surface area contributed by atoms with Crippen molar-refractivity contribution in [3.63, 3.8) is 0 Å². The normalized spacial score (nSPS) is 0.875. The molecule has 0 rings (SSSR count). The first kappa shape index (κ1) is 97.6. The number of nitrogens with one attached hydrogen (secondary N) is 1. The van der Waals surface area contributed by atoms with Crippen LogP contribution in [0.4, 0.5) is 0 Å². The van der Waals surface area contributed by atoms with E-state index in [4.69, 9.17) is 5.73 Å². The Hall–Kier alpha value is 9.60. The Morgan fingerprint density at radius 3 is 0.375 bits per heavy atom. The van der Waals surface area contributed by atoms with Gasteiger partial charge in [-0.15, -0.1) is 0 Å². The predicted octanol–water partition coefficient (Wildman–Crippen LogP) is 0.633. The van der Waals surface area contributed by atoms with E-state index in [1.165, 1.54) is 7.05 Å². The van der Waals surface area contributed by atoms with Crippen molar-refractivity contribution in [3.8, 4) is 0 Å². The van der Waals surface area contributed by atoms with Gasteiger partial charge in [-0.1, -0.05) is 0 Å². The van der Waals surface area contributed by atoms with Gasteiger partial charge in [0.25, 0.3) is 0 Å². The summed E-state index contributed by atoms with van der Waals surface area (Å²) in [5.41, 5.74) is 5.75. The van der Waals surface area contributed by atoms with Crippen molar-refractivity contribution in [2.24, 2.45) is 0 Å². The van der Waals surface area contributed by atoms with Crippen LogP contribution < -0.4 is 0 Å². The molecule has 0 aliphatic rings. The van der Waals surface area contributed by atoms with Gasteiger partial charge in [0.2, 0.25) is 0 Å². The average molecular weight is 2600 g/mol. The van der Waals surface area contributed by atoms with Gasteiger partial charge in [0.1, 0.15) is 0 Å². The maximum absolute atomic E-state index is 5.75. The molecule has 0 saturated heterocycles. The van der Waals surface area contributed by atoms with E-state index in [2.05, 4.69) is 0 Å². The molecule has 0 amide bonds. The second-order valence-electron chi connectivity index (χ2n) is 0. The van der Waals surface area contributed by atoms with E-state index in [1.54, 1.807) is 64.9 Å². The van der Waals surface area contributed by atoms with Gasteiger partial charge in [0, 0.05) is 211 Å². The topological polar surface area (TPSA) is 23.8 Å². The first-order chi connectivity index (χ1) is 3.00. The SMILES string of the molecule is C[NH-].[W].[W].[W].[W].[W].[W].[W].[W].[W].[W].[W]=[W].[W]=[W]. The molecule has 0 unspecified atom stereocenters. The van der Waals surface area contributed by atoms with Crippen LogP contribution in [0.15, 0.2) is 0 Å². The van der Waals surface area contributed by atoms with Crippen molar-refractivity contribution in [2.75, 3.05) is 7.05 Å². The van der Waals surface area contributed by atoms with E-state index in [9.17, 15) is 0 Å². The van der Waals surface area contributed by atoms with E-state index in [1.807, 2.05) is 0 Å². The minimum atomic E-state index is 0. The number of rotatable bonds is 0. The molecule has 15 heteroatoms. The van der Waals surface area contributed by atoms with Gasteiger partial charge >= 0.3 is 64.9 Å². The van der Waals surface area contributed by atoms with Crippen LogP contribution in [-0.4, -0.2) is 7.05 Å². The molecule has 98 valence electrons. The molecule has 0 aromatic carbocycles. The molecule has 1 nitrogen and oxygen atoms in total. The van der Waals surface area contributed by atoms with Gasteiger partial charge < -0.3 is 5.73 Å². The summed E-state index contributed by atoms with van der Waals surface area (Å²) in [6.07, 6.45) is 0. The molecular weight excluding hydrogens is 2600 g/mol. The molecule has 0 aliphatic heterocycles. The van der Waals surface area contributed by atoms with Crippen LogP contribution >= 0.6 is 0 Å². The Labute approximate surface area is 280 Å². The third-order valence-electron chi connectivity index (χ3n) is 0. The van der Waals surface area contributed by atoms with Gasteiger partial charge in [-0.25, -0.2) is 0 Å². The van der Waals surface area contributed by atoms with Gasteiger partial charge in [-0.05, 0) is 0 Å². The second kappa shape index (κ2) is 149. The predicted molar refractivity (Wildman–Crippen MR) is 10.2 cm³/mol. The first-order valence-electron chi connectivity index (χ1n) is 0.833. The molecule has 0 heterocycles. The maximum atomic E-state index is 5.75. The summed E-state index contributed by atoms with van der Waals surface area (Å²) in [5, 5.41) is 0. The molecule has 0 saturated carbocycles. The van der Waals surface area contributed by atoms with E-state index in [-0.39, 0.29) is 211 Å². The molecule has 0 fully saturated rings. The molecule has 0 aromatic rings. The second-order valence-corrected chi connectivity index (χ2v) is 0. The minimum absolute atomic E-state index is 0. The fourth-order valence-corrected chi connectivity index (χ4v) is 0. The van der Waals surface area contributed by atoms with Crippen molar-refractivity contribution in [1.82, 2.24) is 0 Å². The summed E-state index contributed by atoms with van der Waals surface area (Å²) in [5.74, 6) is 0. The monoisotopic (exact) mass is 2610 g/mol. The van der Waals surface area contributed by atoms with Crippen molar-refractivity contribution in [3.05, 3.63) is 5.73 Å². The molecule has 0 bridgehead atoms. The zero-order valence-corrected chi connectivity index (χ0v) is 48.3. The summed E-state index contributed by atoms with van der Waals surface area (Å²) in [6, 6.07) is 0. The Balaban J connectivity index is -0.000000000584. The summed E-state index contributed by atoms with van der Waals surface area (Å²) < 4.78 is 0. The van der Waals surface area contributed by atoms with E-state index in [0.29, 0.717) is 0 Å². The fourth-order valence-electron chi connectivity index (χ4n) is 0. The van der Waals surface area contributed by atoms with Crippen LogP contribution in [0.5, 0.6) is 0 Å². The molecule has 16 heavy (non-hydrogen) atoms. The van der Waals surface area contributed by atoms with Crippen LogP contribution in [0.25, 0.3) is 5.73 Å². The first-order valence-corrected chi connectivity index (χ1v) is 22.8. The van der Waals surface area contributed by atoms with Crippen molar-refractivity contribution in [2.45, 2.75) is 0 Å². The van der Waals surface area contributed by atoms with Crippen LogP contribution in [0.3, 0.4) is 0 Å². The third kappa shape index (κ3) is 131. The van der Waals surface area contributed by atoms with E-state index >= 15 is 0 Å². The van der Waals surface area contributed by atoms with Crippen LogP contribution in [-0.2, 0) is 276 Å². The molecule has 1 N–H and O–H groups in total. The quantitative estimate of drug-likeness (QED) is 0.341. The summed E-state index contributed by atoms with van der Waals surface area (Å²) >= 11 is 6.67. The van der Waals surface area contributed by atoms with Crippen LogP contribution in [0, 0.1) is 0 Å². The summed E-state index contributed by atoms with van der Waals surface area (Å²) in [7, 11) is 1.25. The molecule has 0 atom stereocenters. The zero-order chi connectivity index (χ0) is 6.00. The molecule has 0 aromatic heterocycles. The summed E-state index contributed by atoms with van der Waals surface area (Å²) in [6.45, 7) is 0. The van der Waals surface area contributed by atoms with Gasteiger partial charge in [0.15, 0.2) is 0 Å². The standard InChI is InChI=1S/CH4N.14W/c1-2;;;;;;;;;;;;;;/h2H,1H3;;;;;;;;;;;;;;/q-1;;;;;;;;;;;;;;.